The Hall–Kier alpha value is -5.17. The van der Waals surface area contributed by atoms with Crippen molar-refractivity contribution in [3.8, 4) is 22.7 Å². The Morgan fingerprint density at radius 3 is 2.34 bits per heavy atom. The molecule has 0 saturated heterocycles. The summed E-state index contributed by atoms with van der Waals surface area (Å²) in [7, 11) is 0. The van der Waals surface area contributed by atoms with E-state index in [0.29, 0.717) is 16.8 Å². The molecule has 1 amide bonds. The van der Waals surface area contributed by atoms with Gasteiger partial charge in [0.25, 0.3) is 0 Å². The number of phenols is 1. The first-order valence-corrected chi connectivity index (χ1v) is 12.1. The molecule has 1 atom stereocenters. The van der Waals surface area contributed by atoms with E-state index in [1.165, 1.54) is 18.2 Å². The van der Waals surface area contributed by atoms with Gasteiger partial charge < -0.3 is 15.5 Å². The van der Waals surface area contributed by atoms with Crippen LogP contribution in [0.15, 0.2) is 109 Å². The van der Waals surface area contributed by atoms with Gasteiger partial charge in [-0.3, -0.25) is 4.79 Å². The van der Waals surface area contributed by atoms with Crippen molar-refractivity contribution in [2.75, 3.05) is 0 Å². The number of rotatable bonds is 8. The highest BCUT2D eigenvalue weighted by Crippen LogP contribution is 2.28. The summed E-state index contributed by atoms with van der Waals surface area (Å²) in [6, 6.07) is 28.9. The number of hydrogen-bond donors (Lipinski definition) is 3. The average molecular weight is 504 g/mol. The lowest BCUT2D eigenvalue weighted by molar-refractivity contribution is -0.141. The van der Waals surface area contributed by atoms with Crippen molar-refractivity contribution in [2.24, 2.45) is 0 Å². The van der Waals surface area contributed by atoms with Crippen LogP contribution < -0.4 is 5.32 Å². The number of para-hydroxylation sites is 1. The number of phenolic OH excluding ortho intramolecular Hbond substituents is 1. The lowest BCUT2D eigenvalue weighted by Gasteiger charge is -2.13. The first kappa shape index (κ1) is 24.5. The first-order valence-electron chi connectivity index (χ1n) is 12.1. The highest BCUT2D eigenvalue weighted by Gasteiger charge is 2.20. The van der Waals surface area contributed by atoms with E-state index in [0.717, 1.165) is 22.0 Å². The van der Waals surface area contributed by atoms with E-state index in [1.54, 1.807) is 22.9 Å². The summed E-state index contributed by atoms with van der Waals surface area (Å²) in [4.78, 5) is 24.5. The van der Waals surface area contributed by atoms with Crippen LogP contribution in [0.3, 0.4) is 0 Å². The third-order valence-corrected chi connectivity index (χ3v) is 6.19. The molecule has 0 aliphatic carbocycles. The molecule has 1 aromatic heterocycles. The van der Waals surface area contributed by atoms with Crippen LogP contribution in [-0.2, 0) is 16.0 Å². The molecule has 3 N–H and O–H groups in total. The minimum Gasteiger partial charge on any atom is -0.508 e. The molecule has 0 fully saturated rings. The van der Waals surface area contributed by atoms with E-state index in [2.05, 4.69) is 11.4 Å². The Labute approximate surface area is 219 Å². The van der Waals surface area contributed by atoms with E-state index in [-0.39, 0.29) is 12.2 Å². The molecule has 7 nitrogen and oxygen atoms in total. The number of nitrogens with one attached hydrogen (secondary N) is 1. The number of aromatic nitrogens is 2. The summed E-state index contributed by atoms with van der Waals surface area (Å²) in [5.41, 5.74) is 3.86. The topological polar surface area (TPSA) is 104 Å². The number of aromatic hydroxyl groups is 1. The second kappa shape index (κ2) is 10.8. The quantitative estimate of drug-likeness (QED) is 0.252. The number of carboxylic acid groups (broad SMARTS) is 1. The van der Waals surface area contributed by atoms with Gasteiger partial charge in [-0.1, -0.05) is 66.7 Å². The molecule has 0 saturated carbocycles. The summed E-state index contributed by atoms with van der Waals surface area (Å²) in [6.07, 6.45) is 4.90. The third-order valence-electron chi connectivity index (χ3n) is 6.19. The van der Waals surface area contributed by atoms with Crippen molar-refractivity contribution in [2.45, 2.75) is 12.5 Å². The molecule has 0 aliphatic heterocycles. The van der Waals surface area contributed by atoms with E-state index in [9.17, 15) is 19.8 Å². The van der Waals surface area contributed by atoms with E-state index < -0.39 is 17.9 Å². The summed E-state index contributed by atoms with van der Waals surface area (Å²) in [5, 5.41) is 28.6. The van der Waals surface area contributed by atoms with Crippen LogP contribution in [-0.4, -0.2) is 37.9 Å². The Morgan fingerprint density at radius 1 is 0.895 bits per heavy atom. The summed E-state index contributed by atoms with van der Waals surface area (Å²) >= 11 is 0. The fourth-order valence-electron chi connectivity index (χ4n) is 4.24. The van der Waals surface area contributed by atoms with Crippen molar-refractivity contribution in [1.82, 2.24) is 15.1 Å². The minimum absolute atomic E-state index is 0.0868. The second-order valence-electron chi connectivity index (χ2n) is 8.88. The Kier molecular flexibility index (Phi) is 6.99. The SMILES string of the molecule is O=C(/C=C/c1cn(-c2ccccc2)nc1-c1ccc2ccccc2c1)N[C@@H](Cc1ccc(O)cc1)C(=O)O. The van der Waals surface area contributed by atoms with Crippen LogP contribution in [0.1, 0.15) is 11.1 Å². The summed E-state index contributed by atoms with van der Waals surface area (Å²) in [5.74, 6) is -1.59. The first-order chi connectivity index (χ1) is 18.5. The van der Waals surface area contributed by atoms with Crippen LogP contribution in [0.25, 0.3) is 33.8 Å². The number of nitrogens with zero attached hydrogens (tertiary/aromatic N) is 2. The van der Waals surface area contributed by atoms with Gasteiger partial charge in [-0.15, -0.1) is 0 Å². The van der Waals surface area contributed by atoms with Crippen molar-refractivity contribution in [3.63, 3.8) is 0 Å². The van der Waals surface area contributed by atoms with Crippen LogP contribution >= 0.6 is 0 Å². The van der Waals surface area contributed by atoms with Crippen LogP contribution in [0.4, 0.5) is 0 Å². The molecule has 0 unspecified atom stereocenters. The number of aliphatic carboxylic acids is 1. The summed E-state index contributed by atoms with van der Waals surface area (Å²) < 4.78 is 1.76. The van der Waals surface area contributed by atoms with Gasteiger partial charge in [0.15, 0.2) is 0 Å². The van der Waals surface area contributed by atoms with E-state index in [1.807, 2.05) is 72.9 Å². The minimum atomic E-state index is -1.14. The average Bonchev–Trinajstić information content (AvgIpc) is 3.37. The number of carboxylic acids is 1. The number of carbonyl (C=O) groups is 2. The zero-order chi connectivity index (χ0) is 26.5. The van der Waals surface area contributed by atoms with E-state index >= 15 is 0 Å². The van der Waals surface area contributed by atoms with Crippen molar-refractivity contribution >= 4 is 28.7 Å². The van der Waals surface area contributed by atoms with Gasteiger partial charge in [0.2, 0.25) is 5.91 Å². The molecule has 0 bridgehead atoms. The molecule has 0 radical (unpaired) electrons. The number of carbonyl (C=O) groups excluding carboxylic acids is 1. The zero-order valence-electron chi connectivity index (χ0n) is 20.4. The molecular weight excluding hydrogens is 478 g/mol. The molecule has 4 aromatic carbocycles. The predicted octanol–water partition coefficient (Wildman–Crippen LogP) is 5.22. The number of hydrogen-bond acceptors (Lipinski definition) is 4. The smallest absolute Gasteiger partial charge is 0.326 e. The number of fused-ring (bicyclic) bond motifs is 1. The normalized spacial score (nSPS) is 12.0. The number of benzene rings is 4. The van der Waals surface area contributed by atoms with E-state index in [4.69, 9.17) is 5.10 Å². The van der Waals surface area contributed by atoms with Crippen LogP contribution in [0.2, 0.25) is 0 Å². The molecule has 38 heavy (non-hydrogen) atoms. The molecule has 1 heterocycles. The van der Waals surface area contributed by atoms with Crippen molar-refractivity contribution < 1.29 is 19.8 Å². The Bertz CT molecular complexity index is 1620. The fraction of sp³-hybridized carbons (Fsp3) is 0.0645. The second-order valence-corrected chi connectivity index (χ2v) is 8.88. The maximum Gasteiger partial charge on any atom is 0.326 e. The lowest BCUT2D eigenvalue weighted by Crippen LogP contribution is -2.41. The standard InChI is InChI=1S/C31H25N3O4/c35-27-15-10-21(11-16-27)18-28(31(37)38)32-29(36)17-14-25-20-34(26-8-2-1-3-9-26)33-30(25)24-13-12-22-6-4-5-7-23(22)19-24/h1-17,19-20,28,35H,18H2,(H,32,36)(H,37,38)/b17-14+/t28-/m0/s1. The van der Waals surface area contributed by atoms with Gasteiger partial charge in [-0.2, -0.15) is 5.10 Å². The molecular formula is C31H25N3O4. The molecule has 7 heteroatoms. The maximum absolute atomic E-state index is 12.7. The molecule has 5 aromatic rings. The van der Waals surface area contributed by atoms with Gasteiger partial charge in [0.05, 0.1) is 11.4 Å². The maximum atomic E-state index is 12.7. The van der Waals surface area contributed by atoms with Gasteiger partial charge in [0, 0.05) is 29.8 Å². The third kappa shape index (κ3) is 5.63. The van der Waals surface area contributed by atoms with Gasteiger partial charge in [-0.25, -0.2) is 9.48 Å². The summed E-state index contributed by atoms with van der Waals surface area (Å²) in [6.45, 7) is 0. The highest BCUT2D eigenvalue weighted by atomic mass is 16.4. The predicted molar refractivity (Wildman–Crippen MR) is 147 cm³/mol. The Balaban J connectivity index is 1.43. The zero-order valence-corrected chi connectivity index (χ0v) is 20.4. The van der Waals surface area contributed by atoms with Crippen LogP contribution in [0, 0.1) is 0 Å². The monoisotopic (exact) mass is 503 g/mol. The van der Waals surface area contributed by atoms with Gasteiger partial charge in [0.1, 0.15) is 11.8 Å². The molecule has 188 valence electrons. The van der Waals surface area contributed by atoms with Gasteiger partial charge in [-0.05, 0) is 52.7 Å². The number of amides is 1. The largest absolute Gasteiger partial charge is 0.508 e. The lowest BCUT2D eigenvalue weighted by atomic mass is 10.0. The van der Waals surface area contributed by atoms with Gasteiger partial charge >= 0.3 is 5.97 Å². The highest BCUT2D eigenvalue weighted by molar-refractivity contribution is 5.95. The molecule has 0 aliphatic rings. The van der Waals surface area contributed by atoms with Crippen LogP contribution in [0.5, 0.6) is 5.75 Å². The molecule has 0 spiro atoms. The van der Waals surface area contributed by atoms with Crippen molar-refractivity contribution in [1.29, 1.82) is 0 Å². The molecule has 5 rings (SSSR count). The fourth-order valence-corrected chi connectivity index (χ4v) is 4.24. The Morgan fingerprint density at radius 2 is 1.61 bits per heavy atom. The van der Waals surface area contributed by atoms with Crippen molar-refractivity contribution in [3.05, 3.63) is 120 Å².